The fourth-order valence-electron chi connectivity index (χ4n) is 8.40. The molecule has 0 bridgehead atoms. The summed E-state index contributed by atoms with van der Waals surface area (Å²) in [5.74, 6) is 2.12. The largest absolute Gasteiger partial charge is 0.326 e. The van der Waals surface area contributed by atoms with Crippen molar-refractivity contribution in [1.82, 2.24) is 4.90 Å². The van der Waals surface area contributed by atoms with Gasteiger partial charge in [0.2, 0.25) is 11.8 Å². The molecule has 33 heavy (non-hydrogen) atoms. The summed E-state index contributed by atoms with van der Waals surface area (Å²) in [5, 5.41) is 12.2. The molecule has 5 nitrogen and oxygen atoms in total. The summed E-state index contributed by atoms with van der Waals surface area (Å²) in [5.41, 5.74) is 4.12. The molecule has 1 aromatic rings. The third kappa shape index (κ3) is 3.25. The number of benzene rings is 1. The fourth-order valence-corrected chi connectivity index (χ4v) is 8.40. The minimum absolute atomic E-state index is 0.0162. The molecule has 0 aromatic heterocycles. The van der Waals surface area contributed by atoms with Gasteiger partial charge in [-0.05, 0) is 92.9 Å². The van der Waals surface area contributed by atoms with Crippen molar-refractivity contribution in [2.24, 2.45) is 34.5 Å². The molecule has 1 saturated heterocycles. The molecule has 1 N–H and O–H groups in total. The van der Waals surface area contributed by atoms with Gasteiger partial charge in [0.25, 0.3) is 0 Å². The molecule has 174 valence electrons. The number of allylic oxidation sites excluding steroid dienone is 2. The Labute approximate surface area is 197 Å². The predicted octanol–water partition coefficient (Wildman–Crippen LogP) is 5.49. The summed E-state index contributed by atoms with van der Waals surface area (Å²) in [6, 6.07) is 9.27. The van der Waals surface area contributed by atoms with Crippen LogP contribution in [0, 0.1) is 45.8 Å². The molecule has 6 atom stereocenters. The van der Waals surface area contributed by atoms with Gasteiger partial charge in [-0.2, -0.15) is 5.26 Å². The zero-order valence-corrected chi connectivity index (χ0v) is 20.3. The summed E-state index contributed by atoms with van der Waals surface area (Å²) in [6.07, 6.45) is 6.91. The van der Waals surface area contributed by atoms with E-state index in [2.05, 4.69) is 32.2 Å². The van der Waals surface area contributed by atoms with Crippen molar-refractivity contribution >= 4 is 17.5 Å². The van der Waals surface area contributed by atoms with Gasteiger partial charge in [-0.1, -0.05) is 19.4 Å². The van der Waals surface area contributed by atoms with Crippen LogP contribution in [0.25, 0.3) is 0 Å². The Kier molecular flexibility index (Phi) is 5.19. The Bertz CT molecular complexity index is 1070. The molecule has 5 rings (SSSR count). The molecule has 1 aliphatic heterocycles. The van der Waals surface area contributed by atoms with Gasteiger partial charge in [0.05, 0.1) is 11.6 Å². The maximum absolute atomic E-state index is 13.4. The summed E-state index contributed by atoms with van der Waals surface area (Å²) in [6.45, 7) is 6.99. The lowest BCUT2D eigenvalue weighted by atomic mass is 9.48. The average molecular weight is 446 g/mol. The molecule has 0 spiro atoms. The summed E-state index contributed by atoms with van der Waals surface area (Å²) in [7, 11) is 1.96. The molecule has 1 heterocycles. The van der Waals surface area contributed by atoms with E-state index in [9.17, 15) is 9.59 Å². The van der Waals surface area contributed by atoms with Crippen LogP contribution in [0.3, 0.4) is 0 Å². The van der Waals surface area contributed by atoms with Crippen LogP contribution in [0.2, 0.25) is 0 Å². The third-order valence-electron chi connectivity index (χ3n) is 9.91. The van der Waals surface area contributed by atoms with Crippen LogP contribution in [0.5, 0.6) is 0 Å². The fraction of sp³-hybridized carbons (Fsp3) is 0.607. The quantitative estimate of drug-likeness (QED) is 0.654. The number of anilines is 1. The van der Waals surface area contributed by atoms with Crippen LogP contribution in [0.1, 0.15) is 71.3 Å². The van der Waals surface area contributed by atoms with E-state index in [1.165, 1.54) is 11.3 Å². The van der Waals surface area contributed by atoms with E-state index < -0.39 is 0 Å². The van der Waals surface area contributed by atoms with E-state index in [-0.39, 0.29) is 28.6 Å². The number of nitrogens with one attached hydrogen (secondary N) is 1. The number of amides is 2. The maximum Gasteiger partial charge on any atom is 0.228 e. The Balaban J connectivity index is 1.39. The van der Waals surface area contributed by atoms with Gasteiger partial charge in [0.15, 0.2) is 0 Å². The second-order valence-electron chi connectivity index (χ2n) is 11.4. The van der Waals surface area contributed by atoms with Crippen LogP contribution in [-0.2, 0) is 9.59 Å². The number of nitrogens with zero attached hydrogens (tertiary/aromatic N) is 2. The number of hydrogen-bond acceptors (Lipinski definition) is 3. The van der Waals surface area contributed by atoms with Gasteiger partial charge in [-0.3, -0.25) is 9.59 Å². The summed E-state index contributed by atoms with van der Waals surface area (Å²) in [4.78, 5) is 27.8. The molecule has 3 aliphatic carbocycles. The van der Waals surface area contributed by atoms with Gasteiger partial charge >= 0.3 is 0 Å². The molecular formula is C28H35N3O2. The molecular weight excluding hydrogens is 410 g/mol. The topological polar surface area (TPSA) is 73.2 Å². The van der Waals surface area contributed by atoms with Gasteiger partial charge in [-0.25, -0.2) is 0 Å². The zero-order valence-electron chi connectivity index (χ0n) is 20.3. The number of likely N-dealkylation sites (tertiary alicyclic amines) is 1. The first-order chi connectivity index (χ1) is 15.7. The minimum Gasteiger partial charge on any atom is -0.326 e. The van der Waals surface area contributed by atoms with Crippen molar-refractivity contribution in [2.45, 2.75) is 65.7 Å². The van der Waals surface area contributed by atoms with Gasteiger partial charge in [0.1, 0.15) is 0 Å². The molecule has 4 aliphatic rings. The van der Waals surface area contributed by atoms with Crippen molar-refractivity contribution in [3.05, 3.63) is 41.1 Å². The van der Waals surface area contributed by atoms with Gasteiger partial charge in [0, 0.05) is 36.2 Å². The second kappa shape index (κ2) is 7.72. The Morgan fingerprint density at radius 2 is 1.85 bits per heavy atom. The zero-order chi connectivity index (χ0) is 23.5. The van der Waals surface area contributed by atoms with Crippen molar-refractivity contribution in [3.63, 3.8) is 0 Å². The monoisotopic (exact) mass is 445 g/mol. The highest BCUT2D eigenvalue weighted by Crippen LogP contribution is 2.66. The predicted molar refractivity (Wildman–Crippen MR) is 128 cm³/mol. The molecule has 5 heteroatoms. The number of piperidine rings is 1. The standard InChI is InChI=1S/C28H35N3O2/c1-17-15-20-21-9-10-23(26(33)30-19-7-5-18(16-29)6-8-19)27(21,2)13-11-22(20)28(3)14-12-24(32)31(4)25(17)28/h5-8,20-23H,9-15H2,1-4H3,(H,30,33)/t20-,21-,22+,23?,27-,28+/m0/s1. The van der Waals surface area contributed by atoms with Crippen LogP contribution in [0.4, 0.5) is 5.69 Å². The van der Waals surface area contributed by atoms with E-state index in [1.807, 2.05) is 24.1 Å². The highest BCUT2D eigenvalue weighted by molar-refractivity contribution is 5.93. The summed E-state index contributed by atoms with van der Waals surface area (Å²) < 4.78 is 0. The van der Waals surface area contributed by atoms with Gasteiger partial charge < -0.3 is 10.2 Å². The number of rotatable bonds is 2. The first-order valence-corrected chi connectivity index (χ1v) is 12.5. The number of carbonyl (C=O) groups excluding carboxylic acids is 2. The van der Waals surface area contributed by atoms with Crippen LogP contribution in [0.15, 0.2) is 35.5 Å². The van der Waals surface area contributed by atoms with E-state index >= 15 is 0 Å². The Morgan fingerprint density at radius 1 is 1.12 bits per heavy atom. The number of hydrogen-bond donors (Lipinski definition) is 1. The molecule has 1 unspecified atom stereocenters. The molecule has 2 amide bonds. The first kappa shape index (κ1) is 22.2. The normalized spacial score (nSPS) is 37.7. The second-order valence-corrected chi connectivity index (χ2v) is 11.4. The van der Waals surface area contributed by atoms with E-state index in [0.717, 1.165) is 44.2 Å². The Morgan fingerprint density at radius 3 is 2.55 bits per heavy atom. The highest BCUT2D eigenvalue weighted by atomic mass is 16.2. The number of carbonyl (C=O) groups is 2. The van der Waals surface area contributed by atoms with Crippen LogP contribution < -0.4 is 5.32 Å². The van der Waals surface area contributed by atoms with Gasteiger partial charge in [-0.15, -0.1) is 0 Å². The van der Waals surface area contributed by atoms with E-state index in [0.29, 0.717) is 29.7 Å². The smallest absolute Gasteiger partial charge is 0.228 e. The lowest BCUT2D eigenvalue weighted by Gasteiger charge is -2.59. The summed E-state index contributed by atoms with van der Waals surface area (Å²) >= 11 is 0. The molecule has 1 aromatic carbocycles. The number of nitriles is 1. The first-order valence-electron chi connectivity index (χ1n) is 12.5. The van der Waals surface area contributed by atoms with Crippen molar-refractivity contribution in [2.75, 3.05) is 12.4 Å². The lowest BCUT2D eigenvalue weighted by Crippen LogP contribution is -2.54. The van der Waals surface area contributed by atoms with Crippen molar-refractivity contribution < 1.29 is 9.59 Å². The number of fused-ring (bicyclic) bond motifs is 5. The SMILES string of the molecule is CC1=C2N(C)C(=O)CC[C@]2(C)[C@@H]2CC[C@]3(C)C(C(=O)Nc4ccc(C#N)cc4)CC[C@H]3[C@@H]2C1. The molecule has 0 radical (unpaired) electrons. The van der Waals surface area contributed by atoms with Crippen molar-refractivity contribution in [3.8, 4) is 6.07 Å². The van der Waals surface area contributed by atoms with E-state index in [4.69, 9.17) is 5.26 Å². The van der Waals surface area contributed by atoms with E-state index in [1.54, 1.807) is 12.1 Å². The third-order valence-corrected chi connectivity index (χ3v) is 9.91. The highest BCUT2D eigenvalue weighted by Gasteiger charge is 2.61. The van der Waals surface area contributed by atoms with Crippen LogP contribution >= 0.6 is 0 Å². The van der Waals surface area contributed by atoms with Crippen molar-refractivity contribution in [1.29, 1.82) is 5.26 Å². The Hall–Kier alpha value is -2.61. The maximum atomic E-state index is 13.4. The molecule has 2 saturated carbocycles. The molecule has 3 fully saturated rings. The minimum atomic E-state index is 0.0162. The lowest BCUT2D eigenvalue weighted by molar-refractivity contribution is -0.137. The average Bonchev–Trinajstić information content (AvgIpc) is 3.14. The van der Waals surface area contributed by atoms with Crippen LogP contribution in [-0.4, -0.2) is 23.8 Å².